The predicted octanol–water partition coefficient (Wildman–Crippen LogP) is 4.10. The fraction of sp³-hybridized carbons (Fsp3) is 0.0500. The van der Waals surface area contributed by atoms with Gasteiger partial charge in [0.1, 0.15) is 5.82 Å². The molecule has 0 aliphatic rings. The highest BCUT2D eigenvalue weighted by atomic mass is 19.1. The van der Waals surface area contributed by atoms with Crippen molar-refractivity contribution >= 4 is 17.1 Å². The number of anilines is 1. The third-order valence-corrected chi connectivity index (χ3v) is 4.20. The molecule has 0 unspecified atom stereocenters. The van der Waals surface area contributed by atoms with E-state index in [1.54, 1.807) is 18.7 Å². The second kappa shape index (κ2) is 6.40. The number of imidazole rings is 1. The first kappa shape index (κ1) is 16.0. The molecule has 26 heavy (non-hydrogen) atoms. The zero-order valence-electron chi connectivity index (χ0n) is 14.0. The van der Waals surface area contributed by atoms with E-state index < -0.39 is 0 Å². The number of halogens is 1. The molecule has 0 saturated heterocycles. The lowest BCUT2D eigenvalue weighted by molar-refractivity contribution is 0.102. The summed E-state index contributed by atoms with van der Waals surface area (Å²) in [6.45, 7) is 1.87. The first-order chi connectivity index (χ1) is 12.6. The molecule has 2 aromatic heterocycles. The highest BCUT2D eigenvalue weighted by Gasteiger charge is 2.13. The largest absolute Gasteiger partial charge is 0.322 e. The molecule has 4 aromatic rings. The third-order valence-electron chi connectivity index (χ3n) is 4.20. The molecular formula is C20H15FN4O. The van der Waals surface area contributed by atoms with Crippen molar-refractivity contribution in [2.24, 2.45) is 0 Å². The van der Waals surface area contributed by atoms with E-state index in [0.29, 0.717) is 11.3 Å². The highest BCUT2D eigenvalue weighted by Crippen LogP contribution is 2.25. The minimum Gasteiger partial charge on any atom is -0.322 e. The SMILES string of the molecule is Cc1ccc(-c2nccn3cncc23)cc1C(=O)Nc1ccc(F)cc1. The summed E-state index contributed by atoms with van der Waals surface area (Å²) in [4.78, 5) is 21.3. The molecule has 0 aliphatic heterocycles. The van der Waals surface area contributed by atoms with Crippen molar-refractivity contribution in [3.63, 3.8) is 0 Å². The van der Waals surface area contributed by atoms with Gasteiger partial charge in [0, 0.05) is 29.2 Å². The van der Waals surface area contributed by atoms with Gasteiger partial charge in [0.05, 0.1) is 23.7 Å². The van der Waals surface area contributed by atoms with Crippen molar-refractivity contribution in [1.29, 1.82) is 0 Å². The summed E-state index contributed by atoms with van der Waals surface area (Å²) in [5.41, 5.74) is 4.36. The Bertz CT molecular complexity index is 1100. The Morgan fingerprint density at radius 2 is 1.96 bits per heavy atom. The van der Waals surface area contributed by atoms with Gasteiger partial charge in [0.2, 0.25) is 0 Å². The van der Waals surface area contributed by atoms with E-state index in [4.69, 9.17) is 0 Å². The van der Waals surface area contributed by atoms with Crippen LogP contribution in [0, 0.1) is 12.7 Å². The van der Waals surface area contributed by atoms with Crippen LogP contribution >= 0.6 is 0 Å². The monoisotopic (exact) mass is 346 g/mol. The number of fused-ring (bicyclic) bond motifs is 1. The van der Waals surface area contributed by atoms with Gasteiger partial charge in [-0.15, -0.1) is 0 Å². The number of hydrogen-bond donors (Lipinski definition) is 1. The maximum absolute atomic E-state index is 13.0. The number of nitrogens with zero attached hydrogens (tertiary/aromatic N) is 3. The zero-order valence-corrected chi connectivity index (χ0v) is 14.0. The Hall–Kier alpha value is -3.54. The van der Waals surface area contributed by atoms with Crippen LogP contribution in [0.3, 0.4) is 0 Å². The Balaban J connectivity index is 1.71. The van der Waals surface area contributed by atoms with Crippen LogP contribution in [-0.4, -0.2) is 20.3 Å². The standard InChI is InChI=1S/C20H15FN4O/c1-13-2-3-14(19-18-11-22-12-25(18)9-8-23-19)10-17(13)20(26)24-16-6-4-15(21)5-7-16/h2-12H,1H3,(H,24,26). The van der Waals surface area contributed by atoms with Gasteiger partial charge < -0.3 is 9.72 Å². The molecule has 0 aliphatic carbocycles. The highest BCUT2D eigenvalue weighted by molar-refractivity contribution is 6.06. The first-order valence-corrected chi connectivity index (χ1v) is 8.06. The molecule has 5 nitrogen and oxygen atoms in total. The first-order valence-electron chi connectivity index (χ1n) is 8.06. The molecule has 1 N–H and O–H groups in total. The molecule has 128 valence electrons. The van der Waals surface area contributed by atoms with Gasteiger partial charge in [-0.1, -0.05) is 12.1 Å². The topological polar surface area (TPSA) is 59.3 Å². The number of aryl methyl sites for hydroxylation is 1. The van der Waals surface area contributed by atoms with Crippen LogP contribution < -0.4 is 5.32 Å². The van der Waals surface area contributed by atoms with Crippen molar-refractivity contribution in [3.05, 3.63) is 84.3 Å². The number of amides is 1. The van der Waals surface area contributed by atoms with Gasteiger partial charge in [0.25, 0.3) is 5.91 Å². The summed E-state index contributed by atoms with van der Waals surface area (Å²) in [6.07, 6.45) is 6.96. The third kappa shape index (κ3) is 2.93. The van der Waals surface area contributed by atoms with E-state index in [9.17, 15) is 9.18 Å². The number of carbonyl (C=O) groups is 1. The van der Waals surface area contributed by atoms with Crippen molar-refractivity contribution < 1.29 is 9.18 Å². The van der Waals surface area contributed by atoms with Crippen LogP contribution in [0.5, 0.6) is 0 Å². The minimum absolute atomic E-state index is 0.253. The fourth-order valence-corrected chi connectivity index (χ4v) is 2.82. The summed E-state index contributed by atoms with van der Waals surface area (Å²) < 4.78 is 14.9. The Labute approximate surface area is 149 Å². The summed E-state index contributed by atoms with van der Waals surface area (Å²) >= 11 is 0. The molecule has 0 spiro atoms. The molecule has 2 heterocycles. The molecule has 1 amide bonds. The second-order valence-electron chi connectivity index (χ2n) is 5.95. The molecule has 0 bridgehead atoms. The lowest BCUT2D eigenvalue weighted by Crippen LogP contribution is -2.13. The molecule has 0 fully saturated rings. The van der Waals surface area contributed by atoms with Crippen LogP contribution in [0.4, 0.5) is 10.1 Å². The van der Waals surface area contributed by atoms with E-state index in [1.165, 1.54) is 24.3 Å². The van der Waals surface area contributed by atoms with Crippen LogP contribution in [-0.2, 0) is 0 Å². The Morgan fingerprint density at radius 1 is 1.15 bits per heavy atom. The van der Waals surface area contributed by atoms with Crippen LogP contribution in [0.15, 0.2) is 67.4 Å². The van der Waals surface area contributed by atoms with Crippen LogP contribution in [0.2, 0.25) is 0 Å². The van der Waals surface area contributed by atoms with E-state index in [-0.39, 0.29) is 11.7 Å². The summed E-state index contributed by atoms with van der Waals surface area (Å²) in [6, 6.07) is 11.3. The molecule has 6 heteroatoms. The Morgan fingerprint density at radius 3 is 2.77 bits per heavy atom. The number of benzene rings is 2. The molecular weight excluding hydrogens is 331 g/mol. The van der Waals surface area contributed by atoms with Gasteiger partial charge in [-0.05, 0) is 42.8 Å². The number of aromatic nitrogens is 3. The lowest BCUT2D eigenvalue weighted by Gasteiger charge is -2.10. The molecule has 0 radical (unpaired) electrons. The minimum atomic E-state index is -0.346. The normalized spacial score (nSPS) is 10.8. The number of rotatable bonds is 3. The molecule has 0 saturated carbocycles. The van der Waals surface area contributed by atoms with Crippen molar-refractivity contribution in [2.45, 2.75) is 6.92 Å². The average Bonchev–Trinajstić information content (AvgIpc) is 3.13. The van der Waals surface area contributed by atoms with Gasteiger partial charge in [-0.3, -0.25) is 9.78 Å². The fourth-order valence-electron chi connectivity index (χ4n) is 2.82. The zero-order chi connectivity index (χ0) is 18.1. The lowest BCUT2D eigenvalue weighted by atomic mass is 10.0. The van der Waals surface area contributed by atoms with E-state index in [1.807, 2.05) is 35.7 Å². The maximum atomic E-state index is 13.0. The molecule has 2 aromatic carbocycles. The molecule has 0 atom stereocenters. The predicted molar refractivity (Wildman–Crippen MR) is 97.5 cm³/mol. The number of carbonyl (C=O) groups excluding carboxylic acids is 1. The van der Waals surface area contributed by atoms with E-state index >= 15 is 0 Å². The van der Waals surface area contributed by atoms with Gasteiger partial charge >= 0.3 is 0 Å². The second-order valence-corrected chi connectivity index (χ2v) is 5.95. The number of hydrogen-bond acceptors (Lipinski definition) is 3. The van der Waals surface area contributed by atoms with Crippen LogP contribution in [0.1, 0.15) is 15.9 Å². The maximum Gasteiger partial charge on any atom is 0.255 e. The van der Waals surface area contributed by atoms with Gasteiger partial charge in [0.15, 0.2) is 0 Å². The summed E-state index contributed by atoms with van der Waals surface area (Å²) in [7, 11) is 0. The van der Waals surface area contributed by atoms with E-state index in [0.717, 1.165) is 22.3 Å². The summed E-state index contributed by atoms with van der Waals surface area (Å²) in [5, 5.41) is 2.79. The van der Waals surface area contributed by atoms with Crippen molar-refractivity contribution in [1.82, 2.24) is 14.4 Å². The van der Waals surface area contributed by atoms with Gasteiger partial charge in [-0.2, -0.15) is 0 Å². The van der Waals surface area contributed by atoms with E-state index in [2.05, 4.69) is 15.3 Å². The average molecular weight is 346 g/mol. The summed E-state index contributed by atoms with van der Waals surface area (Å²) in [5.74, 6) is -0.599. The van der Waals surface area contributed by atoms with Crippen molar-refractivity contribution in [2.75, 3.05) is 5.32 Å². The smallest absolute Gasteiger partial charge is 0.255 e. The quantitative estimate of drug-likeness (QED) is 0.608. The number of nitrogens with one attached hydrogen (secondary N) is 1. The molecule has 4 rings (SSSR count). The van der Waals surface area contributed by atoms with Crippen LogP contribution in [0.25, 0.3) is 16.8 Å². The van der Waals surface area contributed by atoms with Crippen molar-refractivity contribution in [3.8, 4) is 11.3 Å². The Kier molecular flexibility index (Phi) is 3.93. The van der Waals surface area contributed by atoms with Gasteiger partial charge in [-0.25, -0.2) is 9.37 Å².